The Bertz CT molecular complexity index is 1380. The molecule has 3 N–H and O–H groups in total. The highest BCUT2D eigenvalue weighted by atomic mass is 32.1. The number of aromatic nitrogens is 1. The lowest BCUT2D eigenvalue weighted by Gasteiger charge is -2.53. The summed E-state index contributed by atoms with van der Waals surface area (Å²) in [6.45, 7) is 10.4. The lowest BCUT2D eigenvalue weighted by Crippen LogP contribution is -2.71. The highest BCUT2D eigenvalue weighted by molar-refractivity contribution is 7.17. The highest BCUT2D eigenvalue weighted by Gasteiger charge is 2.58. The number of rotatable bonds is 7. The molecule has 1 aromatic carbocycles. The van der Waals surface area contributed by atoms with Gasteiger partial charge >= 0.3 is 12.0 Å². The van der Waals surface area contributed by atoms with Gasteiger partial charge < -0.3 is 25.2 Å². The molecule has 0 radical (unpaired) electrons. The smallest absolute Gasteiger partial charge is 0.318 e. The van der Waals surface area contributed by atoms with E-state index in [1.807, 2.05) is 47.5 Å². The second-order valence-electron chi connectivity index (χ2n) is 11.4. The van der Waals surface area contributed by atoms with Gasteiger partial charge in [0, 0.05) is 51.2 Å². The number of urea groups is 1. The number of esters is 1. The maximum atomic E-state index is 13.5. The Morgan fingerprint density at radius 1 is 1.21 bits per heavy atom. The van der Waals surface area contributed by atoms with Gasteiger partial charge in [0.2, 0.25) is 11.7 Å². The number of piperidine rings is 2. The number of hydrogen-bond acceptors (Lipinski definition) is 9. The normalized spacial score (nSPS) is 26.3. The first-order chi connectivity index (χ1) is 20.2. The van der Waals surface area contributed by atoms with E-state index in [1.165, 1.54) is 5.56 Å². The first-order valence-electron chi connectivity index (χ1n) is 14.8. The zero-order chi connectivity index (χ0) is 29.9. The molecule has 42 heavy (non-hydrogen) atoms. The van der Waals surface area contributed by atoms with E-state index in [4.69, 9.17) is 9.73 Å². The number of fused-ring (bicyclic) bond motifs is 1. The Hall–Kier alpha value is -3.51. The van der Waals surface area contributed by atoms with Crippen molar-refractivity contribution in [3.8, 4) is 0 Å². The number of benzene rings is 1. The molecule has 2 saturated heterocycles. The van der Waals surface area contributed by atoms with Gasteiger partial charge in [0.05, 0.1) is 33.7 Å². The monoisotopic (exact) mass is 595 g/mol. The van der Waals surface area contributed by atoms with Crippen molar-refractivity contribution in [3.05, 3.63) is 35.5 Å². The average Bonchev–Trinajstić information content (AvgIpc) is 3.46. The number of thiazole rings is 1. The first-order valence-corrected chi connectivity index (χ1v) is 15.7. The van der Waals surface area contributed by atoms with Crippen LogP contribution in [0.2, 0.25) is 0 Å². The lowest BCUT2D eigenvalue weighted by molar-refractivity contribution is -0.162. The van der Waals surface area contributed by atoms with Crippen LogP contribution in [0.5, 0.6) is 0 Å². The number of ether oxygens (including phenoxy) is 1. The topological polar surface area (TPSA) is 128 Å². The van der Waals surface area contributed by atoms with E-state index < -0.39 is 17.1 Å². The van der Waals surface area contributed by atoms with Crippen LogP contribution in [0, 0.1) is 11.3 Å². The molecule has 0 saturated carbocycles. The number of carbonyl (C=O) groups is 3. The SMILES string of the molecule is CCNC(=O)NC1(C2CNCCC2(C)C(=O)OCC)N=CC=CN1c1cc(C2CCN(C(C)=O)CC2)c2scnc2c1. The summed E-state index contributed by atoms with van der Waals surface area (Å²) in [6, 6.07) is 3.82. The fraction of sp³-hybridized carbons (Fsp3) is 0.567. The highest BCUT2D eigenvalue weighted by Crippen LogP contribution is 2.47. The molecule has 3 atom stereocenters. The van der Waals surface area contributed by atoms with Gasteiger partial charge in [0.15, 0.2) is 0 Å². The van der Waals surface area contributed by atoms with Gasteiger partial charge in [-0.3, -0.25) is 14.9 Å². The molecule has 0 spiro atoms. The van der Waals surface area contributed by atoms with Crippen molar-refractivity contribution in [2.45, 2.75) is 58.7 Å². The van der Waals surface area contributed by atoms with Gasteiger partial charge in [-0.1, -0.05) is 0 Å². The predicted molar refractivity (Wildman–Crippen MR) is 165 cm³/mol. The van der Waals surface area contributed by atoms with Gasteiger partial charge in [0.1, 0.15) is 0 Å². The fourth-order valence-corrected chi connectivity index (χ4v) is 7.46. The maximum Gasteiger partial charge on any atom is 0.318 e. The summed E-state index contributed by atoms with van der Waals surface area (Å²) in [7, 11) is 0. The van der Waals surface area contributed by atoms with Gasteiger partial charge in [-0.25, -0.2) is 14.8 Å². The number of likely N-dealkylation sites (tertiary alicyclic amines) is 1. The third-order valence-electron chi connectivity index (χ3n) is 8.86. The number of allylic oxidation sites excluding steroid dienone is 1. The van der Waals surface area contributed by atoms with Crippen molar-refractivity contribution < 1.29 is 19.1 Å². The third-order valence-corrected chi connectivity index (χ3v) is 9.76. The first kappa shape index (κ1) is 30.0. The Balaban J connectivity index is 1.62. The predicted octanol–water partition coefficient (Wildman–Crippen LogP) is 3.58. The minimum atomic E-state index is -1.33. The number of nitrogens with one attached hydrogen (secondary N) is 3. The maximum absolute atomic E-state index is 13.5. The molecule has 226 valence electrons. The molecule has 11 nitrogen and oxygen atoms in total. The van der Waals surface area contributed by atoms with E-state index in [2.05, 4.69) is 27.0 Å². The van der Waals surface area contributed by atoms with Crippen molar-refractivity contribution >= 4 is 51.4 Å². The zero-order valence-corrected chi connectivity index (χ0v) is 25.6. The molecular weight excluding hydrogens is 554 g/mol. The standard InChI is InChI=1S/C30H41N7O4S/c1-5-32-28(40)35-30(25-18-31-12-10-29(25,4)27(39)41-6-2)34-11-7-13-37(30)22-16-23(26-24(17-22)33-19-42-26)21-8-14-36(15-9-21)20(3)38/h7,11,13,16-17,19,21,25,31H,5-6,8-10,12,14-15,18H2,1-4H3,(H2,32,35,40). The molecule has 3 aliphatic heterocycles. The Labute approximate surface area is 250 Å². The Morgan fingerprint density at radius 3 is 2.71 bits per heavy atom. The average molecular weight is 596 g/mol. The summed E-state index contributed by atoms with van der Waals surface area (Å²) < 4.78 is 6.72. The summed E-state index contributed by atoms with van der Waals surface area (Å²) in [4.78, 5) is 52.4. The summed E-state index contributed by atoms with van der Waals surface area (Å²) in [5, 5.41) is 9.48. The van der Waals surface area contributed by atoms with Gasteiger partial charge in [0.25, 0.3) is 0 Å². The molecule has 5 rings (SSSR count). The fourth-order valence-electron chi connectivity index (χ4n) is 6.60. The van der Waals surface area contributed by atoms with Crippen LogP contribution in [0.1, 0.15) is 58.4 Å². The molecule has 3 aliphatic rings. The van der Waals surface area contributed by atoms with Crippen molar-refractivity contribution in [2.75, 3.05) is 44.2 Å². The summed E-state index contributed by atoms with van der Waals surface area (Å²) in [5.41, 5.74) is 3.80. The molecular formula is C30H41N7O4S. The quantitative estimate of drug-likeness (QED) is 0.418. The van der Waals surface area contributed by atoms with Crippen LogP contribution in [-0.4, -0.2) is 79.1 Å². The second-order valence-corrected chi connectivity index (χ2v) is 12.2. The number of anilines is 1. The van der Waals surface area contributed by atoms with Crippen LogP contribution < -0.4 is 20.9 Å². The lowest BCUT2D eigenvalue weighted by atomic mass is 9.68. The van der Waals surface area contributed by atoms with Crippen LogP contribution in [0.4, 0.5) is 10.5 Å². The minimum absolute atomic E-state index is 0.105. The summed E-state index contributed by atoms with van der Waals surface area (Å²) in [5.74, 6) is -1.75. The van der Waals surface area contributed by atoms with E-state index in [9.17, 15) is 14.4 Å². The second kappa shape index (κ2) is 12.4. The van der Waals surface area contributed by atoms with Crippen LogP contribution in [-0.2, 0) is 14.3 Å². The minimum Gasteiger partial charge on any atom is -0.466 e. The van der Waals surface area contributed by atoms with E-state index in [-0.39, 0.29) is 30.4 Å². The van der Waals surface area contributed by atoms with Gasteiger partial charge in [-0.05, 0) is 76.3 Å². The number of carbonyl (C=O) groups excluding carboxylic acids is 3. The van der Waals surface area contributed by atoms with Crippen LogP contribution in [0.15, 0.2) is 34.9 Å². The van der Waals surface area contributed by atoms with Crippen LogP contribution >= 0.6 is 11.3 Å². The van der Waals surface area contributed by atoms with Gasteiger partial charge in [-0.2, -0.15) is 0 Å². The zero-order valence-electron chi connectivity index (χ0n) is 24.8. The van der Waals surface area contributed by atoms with Crippen molar-refractivity contribution in [1.82, 2.24) is 25.8 Å². The van der Waals surface area contributed by atoms with E-state index in [0.29, 0.717) is 39.1 Å². The summed E-state index contributed by atoms with van der Waals surface area (Å²) >= 11 is 1.62. The number of nitrogens with zero attached hydrogens (tertiary/aromatic N) is 4. The number of amides is 3. The Morgan fingerprint density at radius 2 is 2.00 bits per heavy atom. The summed E-state index contributed by atoms with van der Waals surface area (Å²) in [6.07, 6.45) is 7.69. The molecule has 4 heterocycles. The Kier molecular flexibility index (Phi) is 8.84. The molecule has 0 bridgehead atoms. The molecule has 2 aromatic rings. The molecule has 12 heteroatoms. The molecule has 3 amide bonds. The van der Waals surface area contributed by atoms with Crippen molar-refractivity contribution in [3.63, 3.8) is 0 Å². The molecule has 2 fully saturated rings. The van der Waals surface area contributed by atoms with Crippen LogP contribution in [0.3, 0.4) is 0 Å². The number of aliphatic imine (C=N–C) groups is 1. The van der Waals surface area contributed by atoms with E-state index in [0.717, 1.165) is 28.7 Å². The van der Waals surface area contributed by atoms with Crippen molar-refractivity contribution in [1.29, 1.82) is 0 Å². The van der Waals surface area contributed by atoms with E-state index >= 15 is 0 Å². The largest absolute Gasteiger partial charge is 0.466 e. The van der Waals surface area contributed by atoms with Crippen LogP contribution in [0.25, 0.3) is 10.2 Å². The van der Waals surface area contributed by atoms with E-state index in [1.54, 1.807) is 31.4 Å². The molecule has 0 aliphatic carbocycles. The van der Waals surface area contributed by atoms with Gasteiger partial charge in [-0.15, -0.1) is 11.3 Å². The van der Waals surface area contributed by atoms with Crippen molar-refractivity contribution in [2.24, 2.45) is 16.3 Å². The number of hydrogen-bond donors (Lipinski definition) is 3. The molecule has 3 unspecified atom stereocenters. The third kappa shape index (κ3) is 5.49. The molecule has 1 aromatic heterocycles.